The molecule has 0 aromatic heterocycles. The van der Waals surface area contributed by atoms with Crippen LogP contribution in [0.4, 0.5) is 0 Å². The average Bonchev–Trinajstić information content (AvgIpc) is 2.95. The van der Waals surface area contributed by atoms with Gasteiger partial charge in [0.15, 0.2) is 5.92 Å². The number of halogens is 1. The second kappa shape index (κ2) is 11.8. The van der Waals surface area contributed by atoms with Crippen LogP contribution in [0.1, 0.15) is 35.7 Å². The molecule has 2 aliphatic rings. The van der Waals surface area contributed by atoms with Crippen molar-refractivity contribution in [2.75, 3.05) is 32.8 Å². The summed E-state index contributed by atoms with van der Waals surface area (Å²) in [6, 6.07) is 27.6. The van der Waals surface area contributed by atoms with Crippen molar-refractivity contribution in [2.24, 2.45) is 10.9 Å². The lowest BCUT2D eigenvalue weighted by Gasteiger charge is -2.42. The first-order valence-corrected chi connectivity index (χ1v) is 13.3. The smallest absolute Gasteiger partial charge is 0.321 e. The van der Waals surface area contributed by atoms with Gasteiger partial charge in [0.05, 0.1) is 12.6 Å². The summed E-state index contributed by atoms with van der Waals surface area (Å²) >= 11 is 6.09. The van der Waals surface area contributed by atoms with Crippen LogP contribution in [0.15, 0.2) is 89.9 Å². The Hall–Kier alpha value is -3.68. The van der Waals surface area contributed by atoms with Crippen LogP contribution in [0.5, 0.6) is 0 Å². The molecule has 2 aliphatic heterocycles. The standard InChI is InChI=1S/C30H31ClN4O3/c1-2-38-29(37)25-26(21-13-15-24(31)16-14-21)32-30(33-28(25)36)35-19-17-34(18-20-35)27(22-9-5-3-6-10-22)23-11-7-4-8-12-23/h3-16,25-27H,2,17-20H2,1H3,(H,32,33,36)/t25-,26-/m0/s1. The van der Waals surface area contributed by atoms with Crippen molar-refractivity contribution in [3.05, 3.63) is 107 Å². The number of rotatable bonds is 6. The lowest BCUT2D eigenvalue weighted by molar-refractivity contribution is -0.153. The number of esters is 1. The monoisotopic (exact) mass is 530 g/mol. The molecular formula is C30H31ClN4O3. The zero-order valence-corrected chi connectivity index (χ0v) is 22.1. The SMILES string of the molecule is CCOC(=O)[C@@H]1C(=O)NC(N2CCN(C(c3ccccc3)c3ccccc3)CC2)=N[C@H]1c1ccc(Cl)cc1. The number of nitrogens with zero attached hydrogens (tertiary/aromatic N) is 3. The molecule has 5 rings (SSSR count). The molecule has 3 aromatic rings. The molecule has 196 valence electrons. The minimum atomic E-state index is -1.05. The van der Waals surface area contributed by atoms with Gasteiger partial charge in [-0.1, -0.05) is 84.4 Å². The molecule has 1 N–H and O–H groups in total. The molecule has 38 heavy (non-hydrogen) atoms. The number of hydrogen-bond acceptors (Lipinski definition) is 6. The summed E-state index contributed by atoms with van der Waals surface area (Å²) in [5, 5.41) is 3.46. The number of carbonyl (C=O) groups excluding carboxylic acids is 2. The topological polar surface area (TPSA) is 74.2 Å². The maximum absolute atomic E-state index is 13.2. The lowest BCUT2D eigenvalue weighted by Crippen LogP contribution is -2.57. The molecule has 0 bridgehead atoms. The highest BCUT2D eigenvalue weighted by molar-refractivity contribution is 6.30. The minimum Gasteiger partial charge on any atom is -0.465 e. The lowest BCUT2D eigenvalue weighted by atomic mass is 9.91. The van der Waals surface area contributed by atoms with Gasteiger partial charge in [0.25, 0.3) is 0 Å². The molecular weight excluding hydrogens is 500 g/mol. The number of carbonyl (C=O) groups is 2. The highest BCUT2D eigenvalue weighted by atomic mass is 35.5. The molecule has 0 saturated carbocycles. The van der Waals surface area contributed by atoms with Crippen LogP contribution in [-0.4, -0.2) is 60.4 Å². The summed E-state index contributed by atoms with van der Waals surface area (Å²) in [4.78, 5) is 35.4. The van der Waals surface area contributed by atoms with E-state index in [1.807, 2.05) is 12.1 Å². The minimum absolute atomic E-state index is 0.137. The Balaban J connectivity index is 1.38. The molecule has 1 fully saturated rings. The Morgan fingerprint density at radius 1 is 0.947 bits per heavy atom. The predicted molar refractivity (Wildman–Crippen MR) is 148 cm³/mol. The van der Waals surface area contributed by atoms with E-state index in [4.69, 9.17) is 21.3 Å². The summed E-state index contributed by atoms with van der Waals surface area (Å²) in [5.74, 6) is -1.54. The van der Waals surface area contributed by atoms with Gasteiger partial charge in [-0.05, 0) is 35.7 Å². The maximum atomic E-state index is 13.2. The van der Waals surface area contributed by atoms with Crippen molar-refractivity contribution in [1.82, 2.24) is 15.1 Å². The Morgan fingerprint density at radius 2 is 1.53 bits per heavy atom. The van der Waals surface area contributed by atoms with Gasteiger partial charge >= 0.3 is 5.97 Å². The first kappa shape index (κ1) is 25.9. The van der Waals surface area contributed by atoms with E-state index in [0.29, 0.717) is 24.1 Å². The number of ether oxygens (including phenoxy) is 1. The quantitative estimate of drug-likeness (QED) is 0.376. The highest BCUT2D eigenvalue weighted by Crippen LogP contribution is 2.33. The second-order valence-electron chi connectivity index (χ2n) is 9.41. The van der Waals surface area contributed by atoms with Crippen LogP contribution in [0.2, 0.25) is 5.02 Å². The van der Waals surface area contributed by atoms with Crippen molar-refractivity contribution >= 4 is 29.4 Å². The van der Waals surface area contributed by atoms with Gasteiger partial charge < -0.3 is 9.64 Å². The summed E-state index contributed by atoms with van der Waals surface area (Å²) in [6.45, 7) is 4.87. The molecule has 2 atom stereocenters. The van der Waals surface area contributed by atoms with Crippen molar-refractivity contribution in [2.45, 2.75) is 19.0 Å². The molecule has 0 radical (unpaired) electrons. The van der Waals surface area contributed by atoms with E-state index in [9.17, 15) is 9.59 Å². The van der Waals surface area contributed by atoms with Crippen LogP contribution < -0.4 is 5.32 Å². The van der Waals surface area contributed by atoms with Gasteiger partial charge in [-0.25, -0.2) is 4.99 Å². The summed E-state index contributed by atoms with van der Waals surface area (Å²) < 4.78 is 5.22. The van der Waals surface area contributed by atoms with E-state index in [2.05, 4.69) is 63.6 Å². The fraction of sp³-hybridized carbons (Fsp3) is 0.300. The third-order valence-corrected chi connectivity index (χ3v) is 7.31. The van der Waals surface area contributed by atoms with Crippen LogP contribution in [-0.2, 0) is 14.3 Å². The molecule has 0 unspecified atom stereocenters. The normalized spacial score (nSPS) is 20.1. The number of benzene rings is 3. The fourth-order valence-electron chi connectivity index (χ4n) is 5.20. The zero-order valence-electron chi connectivity index (χ0n) is 21.3. The van der Waals surface area contributed by atoms with Crippen molar-refractivity contribution < 1.29 is 14.3 Å². The van der Waals surface area contributed by atoms with E-state index >= 15 is 0 Å². The van der Waals surface area contributed by atoms with Crippen LogP contribution in [0.25, 0.3) is 0 Å². The number of amides is 1. The Morgan fingerprint density at radius 3 is 2.08 bits per heavy atom. The average molecular weight is 531 g/mol. The van der Waals surface area contributed by atoms with Crippen LogP contribution in [0, 0.1) is 5.92 Å². The first-order chi connectivity index (χ1) is 18.5. The number of nitrogens with one attached hydrogen (secondary N) is 1. The molecule has 1 saturated heterocycles. The van der Waals surface area contributed by atoms with E-state index in [0.717, 1.165) is 18.7 Å². The Labute approximate surface area is 228 Å². The third kappa shape index (κ3) is 5.59. The number of hydrogen-bond donors (Lipinski definition) is 1. The molecule has 0 aliphatic carbocycles. The molecule has 2 heterocycles. The van der Waals surface area contributed by atoms with Crippen LogP contribution in [0.3, 0.4) is 0 Å². The summed E-state index contributed by atoms with van der Waals surface area (Å²) in [5.41, 5.74) is 3.23. The van der Waals surface area contributed by atoms with Gasteiger partial charge in [0.2, 0.25) is 11.9 Å². The van der Waals surface area contributed by atoms with Crippen LogP contribution >= 0.6 is 11.6 Å². The van der Waals surface area contributed by atoms with Crippen molar-refractivity contribution in [3.8, 4) is 0 Å². The molecule has 8 heteroatoms. The Bertz CT molecular complexity index is 1240. The van der Waals surface area contributed by atoms with Crippen molar-refractivity contribution in [3.63, 3.8) is 0 Å². The Kier molecular flexibility index (Phi) is 8.05. The maximum Gasteiger partial charge on any atom is 0.321 e. The molecule has 3 aromatic carbocycles. The number of guanidine groups is 1. The predicted octanol–water partition coefficient (Wildman–Crippen LogP) is 4.45. The van der Waals surface area contributed by atoms with Gasteiger partial charge in [-0.15, -0.1) is 0 Å². The summed E-state index contributed by atoms with van der Waals surface area (Å²) in [6.07, 6.45) is 0. The first-order valence-electron chi connectivity index (χ1n) is 12.9. The van der Waals surface area contributed by atoms with Gasteiger partial charge in [-0.3, -0.25) is 19.8 Å². The molecule has 0 spiro atoms. The van der Waals surface area contributed by atoms with Gasteiger partial charge in [0.1, 0.15) is 6.04 Å². The second-order valence-corrected chi connectivity index (χ2v) is 9.85. The van der Waals surface area contributed by atoms with Gasteiger partial charge in [-0.2, -0.15) is 0 Å². The molecule has 1 amide bonds. The number of aliphatic imine (C=N–C) groups is 1. The third-order valence-electron chi connectivity index (χ3n) is 7.06. The van der Waals surface area contributed by atoms with E-state index in [1.54, 1.807) is 31.2 Å². The van der Waals surface area contributed by atoms with E-state index < -0.39 is 23.8 Å². The largest absolute Gasteiger partial charge is 0.465 e. The highest BCUT2D eigenvalue weighted by Gasteiger charge is 2.42. The van der Waals surface area contributed by atoms with E-state index in [1.165, 1.54) is 11.1 Å². The number of piperazine rings is 1. The van der Waals surface area contributed by atoms with Crippen molar-refractivity contribution in [1.29, 1.82) is 0 Å². The summed E-state index contributed by atoms with van der Waals surface area (Å²) in [7, 11) is 0. The zero-order chi connectivity index (χ0) is 26.5. The van der Waals surface area contributed by atoms with E-state index in [-0.39, 0.29) is 12.6 Å². The fourth-order valence-corrected chi connectivity index (χ4v) is 5.33. The molecule has 7 nitrogen and oxygen atoms in total. The van der Waals surface area contributed by atoms with Gasteiger partial charge in [0, 0.05) is 31.2 Å².